The molecule has 4 amide bonds. The maximum Gasteiger partial charge on any atom is 0.491 e. The summed E-state index contributed by atoms with van der Waals surface area (Å²) in [6.45, 7) is -0.958. The fraction of sp³-hybridized carbons (Fsp3) is 0.216. The van der Waals surface area contributed by atoms with Crippen molar-refractivity contribution in [2.75, 3.05) is 6.54 Å². The zero-order valence-electron chi connectivity index (χ0n) is 29.6. The van der Waals surface area contributed by atoms with Gasteiger partial charge in [0.05, 0.1) is 0 Å². The molecule has 56 heavy (non-hydrogen) atoms. The highest BCUT2D eigenvalue weighted by Crippen LogP contribution is 2.14. The highest BCUT2D eigenvalue weighted by atomic mass is 19.1. The molecule has 4 aromatic rings. The van der Waals surface area contributed by atoms with Crippen molar-refractivity contribution in [2.24, 2.45) is 0 Å². The molecule has 0 unspecified atom stereocenters. The summed E-state index contributed by atoms with van der Waals surface area (Å²) in [4.78, 5) is 63.1. The summed E-state index contributed by atoms with van der Waals surface area (Å²) in [7, 11) is -4.17. The van der Waals surface area contributed by atoms with E-state index in [0.29, 0.717) is 29.5 Å². The minimum atomic E-state index is -2.08. The van der Waals surface area contributed by atoms with Crippen LogP contribution in [-0.2, 0) is 24.6 Å². The van der Waals surface area contributed by atoms with Gasteiger partial charge in [0, 0.05) is 52.8 Å². The van der Waals surface area contributed by atoms with Crippen LogP contribution in [0, 0.1) is 11.6 Å². The Kier molecular flexibility index (Phi) is 15.3. The van der Waals surface area contributed by atoms with Gasteiger partial charge in [-0.2, -0.15) is 0 Å². The average molecular weight is 776 g/mol. The van der Waals surface area contributed by atoms with E-state index in [4.69, 9.17) is 0 Å². The molecule has 0 heterocycles. The van der Waals surface area contributed by atoms with Gasteiger partial charge in [0.1, 0.15) is 24.4 Å². The molecule has 0 bridgehead atoms. The smallest absolute Gasteiger partial charge is 0.480 e. The van der Waals surface area contributed by atoms with E-state index in [0.717, 1.165) is 24.3 Å². The van der Waals surface area contributed by atoms with Gasteiger partial charge in [0.15, 0.2) is 0 Å². The Bertz CT molecular complexity index is 1980. The van der Waals surface area contributed by atoms with Crippen molar-refractivity contribution in [3.05, 3.63) is 129 Å². The Balaban J connectivity index is 1.41. The maximum absolute atomic E-state index is 14.3. The quantitative estimate of drug-likeness (QED) is 0.0500. The van der Waals surface area contributed by atoms with Crippen molar-refractivity contribution >= 4 is 54.8 Å². The highest BCUT2D eigenvalue weighted by molar-refractivity contribution is 6.59. The van der Waals surface area contributed by atoms with Crippen LogP contribution in [0.5, 0.6) is 0 Å². The zero-order valence-corrected chi connectivity index (χ0v) is 29.6. The normalized spacial score (nSPS) is 11.3. The second-order valence-electron chi connectivity index (χ2n) is 12.6. The van der Waals surface area contributed by atoms with Crippen LogP contribution in [0.25, 0.3) is 0 Å². The van der Waals surface area contributed by atoms with Crippen LogP contribution < -0.4 is 32.2 Å². The van der Waals surface area contributed by atoms with Crippen LogP contribution in [0.2, 0.25) is 0 Å². The molecule has 4 aromatic carbocycles. The molecule has 19 heteroatoms. The molecule has 0 aliphatic rings. The number of carboxylic acid groups (broad SMARTS) is 1. The third-order valence-corrected chi connectivity index (χ3v) is 8.48. The molecule has 1 atom stereocenters. The number of amides is 4. The average Bonchev–Trinajstić information content (AvgIpc) is 3.17. The van der Waals surface area contributed by atoms with E-state index in [1.165, 1.54) is 48.5 Å². The number of carboxylic acids is 1. The number of hydrogen-bond acceptors (Lipinski definition) is 9. The second-order valence-corrected chi connectivity index (χ2v) is 12.6. The molecule has 0 aromatic heterocycles. The number of carbonyl (C=O) groups is 5. The van der Waals surface area contributed by atoms with Crippen molar-refractivity contribution in [2.45, 2.75) is 45.1 Å². The number of halogens is 3. The van der Waals surface area contributed by atoms with Crippen LogP contribution in [0.3, 0.4) is 0 Å². The third kappa shape index (κ3) is 12.0. The van der Waals surface area contributed by atoms with Gasteiger partial charge in [-0.15, -0.1) is 0 Å². The van der Waals surface area contributed by atoms with E-state index >= 15 is 0 Å². The van der Waals surface area contributed by atoms with Crippen molar-refractivity contribution < 1.29 is 62.3 Å². The summed E-state index contributed by atoms with van der Waals surface area (Å²) in [5, 5.41) is 56.9. The summed E-state index contributed by atoms with van der Waals surface area (Å²) < 4.78 is 41.3. The maximum atomic E-state index is 14.3. The minimum absolute atomic E-state index is 0.0406. The van der Waals surface area contributed by atoms with Crippen molar-refractivity contribution in [3.63, 3.8) is 0 Å². The molecule has 0 aliphatic carbocycles. The Hall–Kier alpha value is -6.01. The molecule has 0 spiro atoms. The Morgan fingerprint density at radius 2 is 1.05 bits per heavy atom. The largest absolute Gasteiger partial charge is 0.491 e. The van der Waals surface area contributed by atoms with Gasteiger partial charge in [-0.05, 0) is 84.5 Å². The SMILES string of the molecule is O=C(NCCCC[C@H](NC(=O)c1ccc(CF)cc1)C(=O)O)c1cc(CNC(=O)c2ccc(B(O)O)c(F)c2)cc(CNC(=O)c2ccc(B(O)O)c(F)c2)c1. The first kappa shape index (κ1) is 42.7. The lowest BCUT2D eigenvalue weighted by molar-refractivity contribution is -0.139. The molecule has 14 nitrogen and oxygen atoms in total. The highest BCUT2D eigenvalue weighted by Gasteiger charge is 2.22. The first-order valence-corrected chi connectivity index (χ1v) is 17.1. The van der Waals surface area contributed by atoms with Gasteiger partial charge in [0.25, 0.3) is 23.6 Å². The fourth-order valence-electron chi connectivity index (χ4n) is 5.44. The Morgan fingerprint density at radius 1 is 0.571 bits per heavy atom. The van der Waals surface area contributed by atoms with Crippen LogP contribution in [-0.4, -0.2) is 81.6 Å². The predicted octanol–water partition coefficient (Wildman–Crippen LogP) is 0.437. The van der Waals surface area contributed by atoms with Crippen LogP contribution in [0.4, 0.5) is 13.2 Å². The van der Waals surface area contributed by atoms with Gasteiger partial charge in [-0.1, -0.05) is 30.3 Å². The fourth-order valence-corrected chi connectivity index (χ4v) is 5.44. The molecule has 0 saturated carbocycles. The number of carbonyl (C=O) groups excluding carboxylic acids is 4. The first-order valence-electron chi connectivity index (χ1n) is 17.1. The molecule has 292 valence electrons. The Labute approximate surface area is 319 Å². The van der Waals surface area contributed by atoms with Gasteiger partial charge >= 0.3 is 20.2 Å². The van der Waals surface area contributed by atoms with Gasteiger partial charge in [0.2, 0.25) is 0 Å². The van der Waals surface area contributed by atoms with E-state index < -0.39 is 79.1 Å². The van der Waals surface area contributed by atoms with Crippen molar-refractivity contribution in [3.8, 4) is 0 Å². The molecular weight excluding hydrogens is 739 g/mol. The lowest BCUT2D eigenvalue weighted by Gasteiger charge is -2.15. The van der Waals surface area contributed by atoms with E-state index in [1.54, 1.807) is 6.07 Å². The zero-order chi connectivity index (χ0) is 40.9. The van der Waals surface area contributed by atoms with Gasteiger partial charge in [-0.3, -0.25) is 19.2 Å². The van der Waals surface area contributed by atoms with E-state index in [-0.39, 0.29) is 48.3 Å². The third-order valence-electron chi connectivity index (χ3n) is 8.48. The monoisotopic (exact) mass is 776 g/mol. The molecule has 0 aliphatic heterocycles. The number of hydrogen-bond donors (Lipinski definition) is 9. The van der Waals surface area contributed by atoms with E-state index in [1.807, 2.05) is 0 Å². The number of alkyl halides is 1. The minimum Gasteiger partial charge on any atom is -0.480 e. The van der Waals surface area contributed by atoms with Crippen LogP contribution in [0.15, 0.2) is 78.9 Å². The molecule has 0 fully saturated rings. The summed E-state index contributed by atoms with van der Waals surface area (Å²) >= 11 is 0. The number of aliphatic carboxylic acids is 1. The summed E-state index contributed by atoms with van der Waals surface area (Å²) in [6.07, 6.45) is 0.652. The number of benzene rings is 4. The van der Waals surface area contributed by atoms with Gasteiger partial charge < -0.3 is 46.5 Å². The number of unbranched alkanes of at least 4 members (excludes halogenated alkanes) is 1. The molecular formula is C37H37B2F3N4O10. The molecule has 0 radical (unpaired) electrons. The topological polar surface area (TPSA) is 235 Å². The first-order chi connectivity index (χ1) is 26.7. The van der Waals surface area contributed by atoms with Crippen LogP contribution in [0.1, 0.15) is 77.4 Å². The summed E-state index contributed by atoms with van der Waals surface area (Å²) in [5.41, 5.74) is 0.286. The predicted molar refractivity (Wildman–Crippen MR) is 198 cm³/mol. The van der Waals surface area contributed by atoms with E-state index in [2.05, 4.69) is 21.3 Å². The molecule has 4 rings (SSSR count). The summed E-state index contributed by atoms with van der Waals surface area (Å²) in [5.74, 6) is -5.95. The standard InChI is InChI=1S/C37H37B2F3N4O10/c40-18-21-4-6-24(7-5-21)36(50)46-32(37(51)52)3-1-2-12-43-35(49)27-14-22(19-44-33(47)25-8-10-28(38(53)54)30(41)16-25)13-23(15-27)20-45-34(48)26-9-11-29(39(55)56)31(42)17-26/h4-11,13-17,32,53-56H,1-3,12,18-20H2,(H,43,49)(H,44,47)(H,45,48)(H,46,50)(H,51,52)/t32-/m0/s1. The summed E-state index contributed by atoms with van der Waals surface area (Å²) in [6, 6.07) is 15.0. The number of nitrogens with one attached hydrogen (secondary N) is 4. The van der Waals surface area contributed by atoms with Crippen molar-refractivity contribution in [1.29, 1.82) is 0 Å². The van der Waals surface area contributed by atoms with Crippen molar-refractivity contribution in [1.82, 2.24) is 21.3 Å². The lowest BCUT2D eigenvalue weighted by Crippen LogP contribution is -2.40. The van der Waals surface area contributed by atoms with E-state index in [9.17, 15) is 62.3 Å². The molecule has 0 saturated heterocycles. The van der Waals surface area contributed by atoms with Crippen LogP contribution >= 0.6 is 0 Å². The second kappa shape index (κ2) is 20.1. The van der Waals surface area contributed by atoms with Gasteiger partial charge in [-0.25, -0.2) is 18.0 Å². The Morgan fingerprint density at radius 3 is 1.50 bits per heavy atom. The molecule has 9 N–H and O–H groups in total. The lowest BCUT2D eigenvalue weighted by atomic mass is 9.79. The number of rotatable bonds is 18.